The molecule has 5 heterocycles. The number of benzene rings is 2. The Morgan fingerprint density at radius 1 is 0.735 bits per heavy atom. The van der Waals surface area contributed by atoms with E-state index in [1.807, 2.05) is 19.1 Å². The molecule has 7 rings (SSSR count). The molecule has 1 aliphatic heterocycles. The lowest BCUT2D eigenvalue weighted by Crippen LogP contribution is -2.34. The Bertz CT molecular complexity index is 3030. The highest BCUT2D eigenvalue weighted by molar-refractivity contribution is 9.10. The third-order valence-electron chi connectivity index (χ3n) is 11.9. The van der Waals surface area contributed by atoms with Crippen LogP contribution in [0.3, 0.4) is 0 Å². The number of nitrogens with two attached hydrogens (primary N) is 1. The van der Waals surface area contributed by atoms with E-state index in [0.29, 0.717) is 25.3 Å². The fourth-order valence-corrected chi connectivity index (χ4v) is 11.1. The van der Waals surface area contributed by atoms with Crippen molar-refractivity contribution in [2.45, 2.75) is 87.5 Å². The van der Waals surface area contributed by atoms with Crippen LogP contribution in [0.25, 0.3) is 38.3 Å². The van der Waals surface area contributed by atoms with Gasteiger partial charge in [-0.25, -0.2) is 16.5 Å². The van der Waals surface area contributed by atoms with Gasteiger partial charge in [0.2, 0.25) is 6.54 Å². The van der Waals surface area contributed by atoms with Gasteiger partial charge in [0.25, 0.3) is 20.2 Å². The van der Waals surface area contributed by atoms with Crippen molar-refractivity contribution in [2.24, 2.45) is 11.8 Å². The second kappa shape index (κ2) is 23.2. The SMILES string of the molecule is CS(=O)(=O)OCCC(CC#N)CCOS(C)(=O)=O.Cc1cc(N)c2c(C)cn(-c3c(C)cc(Br)cc3C)c2n1.[C-]#[N+]CC1CCN(c2cc(C)nc3c2c(C)cn3-c2c(C)cc(Br)cc2C)CC1. The van der Waals surface area contributed by atoms with Crippen molar-refractivity contribution in [3.8, 4) is 17.4 Å². The molecule has 2 aromatic carbocycles. The summed E-state index contributed by atoms with van der Waals surface area (Å²) in [6.07, 6.45) is 9.33. The van der Waals surface area contributed by atoms with Gasteiger partial charge in [-0.15, -0.1) is 0 Å². The van der Waals surface area contributed by atoms with E-state index in [2.05, 4.69) is 150 Å². The average Bonchev–Trinajstić information content (AvgIpc) is 3.71. The van der Waals surface area contributed by atoms with Crippen molar-refractivity contribution in [2.75, 3.05) is 56.0 Å². The highest BCUT2D eigenvalue weighted by Gasteiger charge is 2.25. The number of fused-ring (bicyclic) bond motifs is 2. The summed E-state index contributed by atoms with van der Waals surface area (Å²) in [7, 11) is -6.98. The van der Waals surface area contributed by atoms with E-state index in [1.54, 1.807) is 0 Å². The van der Waals surface area contributed by atoms with Crippen LogP contribution in [0, 0.1) is 85.1 Å². The summed E-state index contributed by atoms with van der Waals surface area (Å²) in [5.41, 5.74) is 21.9. The molecule has 18 heteroatoms. The molecular weight excluding hydrogens is 1030 g/mol. The predicted octanol–water partition coefficient (Wildman–Crippen LogP) is 11.0. The minimum Gasteiger partial charge on any atom is -0.398 e. The molecule has 1 aliphatic rings. The number of rotatable bonds is 13. The normalized spacial score (nSPS) is 13.2. The fraction of sp³-hybridized carbons (Fsp3) is 0.440. The van der Waals surface area contributed by atoms with Crippen LogP contribution in [0.5, 0.6) is 0 Å². The molecule has 0 spiro atoms. The molecule has 0 radical (unpaired) electrons. The molecule has 0 unspecified atom stereocenters. The van der Waals surface area contributed by atoms with E-state index in [9.17, 15) is 16.8 Å². The van der Waals surface area contributed by atoms with Gasteiger partial charge in [0.15, 0.2) is 0 Å². The number of halogens is 2. The summed E-state index contributed by atoms with van der Waals surface area (Å²) in [6.45, 7) is 26.7. The van der Waals surface area contributed by atoms with Crippen LogP contribution in [0.15, 0.2) is 57.7 Å². The molecule has 68 heavy (non-hydrogen) atoms. The molecule has 0 bridgehead atoms. The van der Waals surface area contributed by atoms with Crippen LogP contribution in [0.1, 0.15) is 76.9 Å². The number of hydrogen-bond donors (Lipinski definition) is 1. The van der Waals surface area contributed by atoms with E-state index in [1.165, 1.54) is 50.3 Å². The van der Waals surface area contributed by atoms with Crippen molar-refractivity contribution in [3.63, 3.8) is 0 Å². The zero-order valence-electron chi connectivity index (χ0n) is 40.6. The Labute approximate surface area is 419 Å². The maximum Gasteiger partial charge on any atom is 0.264 e. The molecule has 6 aromatic rings. The highest BCUT2D eigenvalue weighted by atomic mass is 79.9. The monoisotopic (exact) mass is 1090 g/mol. The maximum absolute atomic E-state index is 10.7. The lowest BCUT2D eigenvalue weighted by atomic mass is 9.96. The minimum absolute atomic E-state index is 0.0238. The van der Waals surface area contributed by atoms with Gasteiger partial charge in [0.1, 0.15) is 11.3 Å². The van der Waals surface area contributed by atoms with E-state index in [-0.39, 0.29) is 25.6 Å². The molecule has 0 amide bonds. The lowest BCUT2D eigenvalue weighted by molar-refractivity contribution is 0.246. The molecule has 0 aliphatic carbocycles. The van der Waals surface area contributed by atoms with E-state index in [4.69, 9.17) is 27.5 Å². The molecule has 364 valence electrons. The summed E-state index contributed by atoms with van der Waals surface area (Å²) >= 11 is 7.17. The standard InChI is InChI=1S/C24H27BrN4.C17H18BrN3.C9H17NO6S2/c1-15-10-20(25)11-16(2)23(15)29-14-17(3)22-21(12-18(4)27-24(22)29)28-8-6-19(7-9-28)13-26-5;1-9-5-13(18)6-10(2)16(9)21-8-11(3)15-14(19)7-12(4)20-17(15)21;1-17(11,12)15-7-4-9(3-6-10)5-8-16-18(2,13)14/h10-12,14,19H,6-9,13H2,1-4H3;5-8H,1-4H3,(H2,19,20);9H,3-5,7-8H2,1-2H3. The average molecular weight is 1100 g/mol. The van der Waals surface area contributed by atoms with Gasteiger partial charge < -0.3 is 24.6 Å². The Balaban J connectivity index is 0.000000198. The predicted molar refractivity (Wildman–Crippen MR) is 281 cm³/mol. The third-order valence-corrected chi connectivity index (χ3v) is 14.0. The number of aromatic nitrogens is 4. The lowest BCUT2D eigenvalue weighted by Gasteiger charge is -2.32. The third kappa shape index (κ3) is 14.1. The first-order valence-corrected chi connectivity index (χ1v) is 27.5. The number of nitrogens with zero attached hydrogens (tertiary/aromatic N) is 7. The topological polar surface area (TPSA) is 180 Å². The van der Waals surface area contributed by atoms with Crippen LogP contribution < -0.4 is 10.6 Å². The van der Waals surface area contributed by atoms with Crippen LogP contribution >= 0.6 is 31.9 Å². The number of nitrogen functional groups attached to an aromatic ring is 1. The molecular formula is C50H62Br2N8O6S2. The number of nitriles is 1. The molecule has 1 saturated heterocycles. The van der Waals surface area contributed by atoms with Crippen LogP contribution in [-0.4, -0.2) is 81.3 Å². The minimum atomic E-state index is -3.49. The van der Waals surface area contributed by atoms with Crippen LogP contribution in [0.4, 0.5) is 11.4 Å². The molecule has 14 nitrogen and oxygen atoms in total. The highest BCUT2D eigenvalue weighted by Crippen LogP contribution is 2.37. The summed E-state index contributed by atoms with van der Waals surface area (Å²) < 4.78 is 58.6. The Morgan fingerprint density at radius 3 is 1.59 bits per heavy atom. The largest absolute Gasteiger partial charge is 0.398 e. The quantitative estimate of drug-likeness (QED) is 0.0859. The van der Waals surface area contributed by atoms with Crippen molar-refractivity contribution in [1.29, 1.82) is 5.26 Å². The van der Waals surface area contributed by atoms with Gasteiger partial charge in [0.05, 0.1) is 43.2 Å². The van der Waals surface area contributed by atoms with Crippen molar-refractivity contribution < 1.29 is 25.2 Å². The maximum atomic E-state index is 10.7. The molecule has 1 fully saturated rings. The fourth-order valence-electron chi connectivity index (χ4n) is 8.94. The number of hydrogen-bond acceptors (Lipinski definition) is 11. The molecule has 0 atom stereocenters. The van der Waals surface area contributed by atoms with Gasteiger partial charge in [-0.2, -0.15) is 22.1 Å². The zero-order chi connectivity index (χ0) is 50.2. The summed E-state index contributed by atoms with van der Waals surface area (Å²) in [5.74, 6) is 0.388. The second-order valence-corrected chi connectivity index (χ2v) is 22.9. The van der Waals surface area contributed by atoms with Crippen molar-refractivity contribution >= 4 is 85.5 Å². The molecule has 0 saturated carbocycles. The first-order valence-electron chi connectivity index (χ1n) is 22.3. The summed E-state index contributed by atoms with van der Waals surface area (Å²) in [4.78, 5) is 15.8. The van der Waals surface area contributed by atoms with Crippen molar-refractivity contribution in [3.05, 3.63) is 114 Å². The van der Waals surface area contributed by atoms with Crippen LogP contribution in [-0.2, 0) is 28.6 Å². The smallest absolute Gasteiger partial charge is 0.264 e. The summed E-state index contributed by atoms with van der Waals surface area (Å²) in [5, 5.41) is 10.9. The summed E-state index contributed by atoms with van der Waals surface area (Å²) in [6, 6.07) is 14.7. The molecule has 4 aromatic heterocycles. The molecule has 2 N–H and O–H groups in total. The number of piperidine rings is 1. The zero-order valence-corrected chi connectivity index (χ0v) is 45.4. The first-order chi connectivity index (χ1) is 31.9. The van der Waals surface area contributed by atoms with Crippen molar-refractivity contribution in [1.82, 2.24) is 19.1 Å². The van der Waals surface area contributed by atoms with Crippen LogP contribution in [0.2, 0.25) is 0 Å². The van der Waals surface area contributed by atoms with Gasteiger partial charge in [-0.1, -0.05) is 31.9 Å². The van der Waals surface area contributed by atoms with E-state index < -0.39 is 20.2 Å². The Kier molecular flexibility index (Phi) is 18.5. The number of aryl methyl sites for hydroxylation is 8. The number of pyridine rings is 2. The second-order valence-electron chi connectivity index (χ2n) is 17.8. The van der Waals surface area contributed by atoms with Gasteiger partial charge >= 0.3 is 0 Å². The van der Waals surface area contributed by atoms with Gasteiger partial charge in [-0.05, 0) is 157 Å². The Morgan fingerprint density at radius 2 is 1.16 bits per heavy atom. The Hall–Kier alpha value is -4.82. The number of anilines is 2. The van der Waals surface area contributed by atoms with E-state index >= 15 is 0 Å². The van der Waals surface area contributed by atoms with Gasteiger partial charge in [-0.3, -0.25) is 8.37 Å². The van der Waals surface area contributed by atoms with E-state index in [0.717, 1.165) is 86.7 Å². The van der Waals surface area contributed by atoms with Gasteiger partial charge in [0, 0.05) is 80.3 Å². The first kappa shape index (κ1) is 54.1.